The maximum atomic E-state index is 12.9. The molecular formula is C21H18O6. The van der Waals surface area contributed by atoms with Crippen LogP contribution in [0.1, 0.15) is 39.6 Å². The molecule has 138 valence electrons. The Morgan fingerprint density at radius 3 is 2.44 bits per heavy atom. The predicted molar refractivity (Wildman–Crippen MR) is 95.8 cm³/mol. The number of esters is 1. The Labute approximate surface area is 155 Å². The Balaban J connectivity index is 1.99. The molecule has 0 aliphatic carbocycles. The highest BCUT2D eigenvalue weighted by atomic mass is 16.5. The molecule has 6 nitrogen and oxygen atoms in total. The maximum absolute atomic E-state index is 12.9. The molecule has 1 aliphatic rings. The third kappa shape index (κ3) is 3.79. The molecule has 0 saturated carbocycles. The fourth-order valence-corrected chi connectivity index (χ4v) is 3.48. The summed E-state index contributed by atoms with van der Waals surface area (Å²) in [4.78, 5) is 48.7. The summed E-state index contributed by atoms with van der Waals surface area (Å²) in [5.74, 6) is -4.03. The van der Waals surface area contributed by atoms with Gasteiger partial charge in [-0.25, -0.2) is 4.79 Å². The van der Waals surface area contributed by atoms with Gasteiger partial charge in [0, 0.05) is 6.42 Å². The van der Waals surface area contributed by atoms with Crippen molar-refractivity contribution in [3.05, 3.63) is 65.2 Å². The van der Waals surface area contributed by atoms with Gasteiger partial charge in [-0.2, -0.15) is 0 Å². The van der Waals surface area contributed by atoms with Gasteiger partial charge in [0.1, 0.15) is 17.5 Å². The van der Waals surface area contributed by atoms with Crippen LogP contribution in [0.15, 0.2) is 48.5 Å². The minimum absolute atomic E-state index is 0.0262. The Morgan fingerprint density at radius 1 is 1.07 bits per heavy atom. The quantitative estimate of drug-likeness (QED) is 0.479. The van der Waals surface area contributed by atoms with Gasteiger partial charge < -0.3 is 14.6 Å². The van der Waals surface area contributed by atoms with Crippen molar-refractivity contribution in [1.29, 1.82) is 0 Å². The number of hydrogen-bond acceptors (Lipinski definition) is 5. The molecule has 27 heavy (non-hydrogen) atoms. The monoisotopic (exact) mass is 366 g/mol. The standard InChI is InChI=1S/C21H18O6/c1-12(22)10-14(11-13-6-2-3-7-15(13)20(24)25)18-19(23)16-8-4-5-9-17(16)27-21(18)26/h2-9,14,18H,10-11H2,1H3,(H,24,25). The smallest absolute Gasteiger partial charge is 0.335 e. The number of Topliss-reactive ketones (excluding diaryl/α,β-unsaturated/α-hetero) is 2. The summed E-state index contributed by atoms with van der Waals surface area (Å²) < 4.78 is 5.31. The number of carboxylic acids is 1. The van der Waals surface area contributed by atoms with Gasteiger partial charge in [0.15, 0.2) is 5.78 Å². The molecule has 2 unspecified atom stereocenters. The maximum Gasteiger partial charge on any atom is 0.335 e. The van der Waals surface area contributed by atoms with Crippen LogP contribution in [0.2, 0.25) is 0 Å². The molecule has 3 rings (SSSR count). The van der Waals surface area contributed by atoms with Gasteiger partial charge >= 0.3 is 11.9 Å². The van der Waals surface area contributed by atoms with Crippen molar-refractivity contribution in [2.75, 3.05) is 0 Å². The van der Waals surface area contributed by atoms with Crippen molar-refractivity contribution in [3.63, 3.8) is 0 Å². The first-order valence-electron chi connectivity index (χ1n) is 8.54. The highest BCUT2D eigenvalue weighted by molar-refractivity contribution is 6.13. The van der Waals surface area contributed by atoms with Crippen LogP contribution in [0, 0.1) is 11.8 Å². The van der Waals surface area contributed by atoms with Crippen molar-refractivity contribution in [2.45, 2.75) is 19.8 Å². The first-order chi connectivity index (χ1) is 12.9. The number of hydrogen-bond donors (Lipinski definition) is 1. The van der Waals surface area contributed by atoms with Crippen LogP contribution in [-0.4, -0.2) is 28.6 Å². The van der Waals surface area contributed by atoms with E-state index in [2.05, 4.69) is 0 Å². The van der Waals surface area contributed by atoms with E-state index in [9.17, 15) is 24.3 Å². The van der Waals surface area contributed by atoms with E-state index in [-0.39, 0.29) is 29.9 Å². The first kappa shape index (κ1) is 18.5. The number of carboxylic acid groups (broad SMARTS) is 1. The number of aromatic carboxylic acids is 1. The van der Waals surface area contributed by atoms with Crippen molar-refractivity contribution in [3.8, 4) is 5.75 Å². The third-order valence-electron chi connectivity index (χ3n) is 4.65. The number of fused-ring (bicyclic) bond motifs is 1. The summed E-state index contributed by atoms with van der Waals surface area (Å²) in [6, 6.07) is 12.8. The topological polar surface area (TPSA) is 97.7 Å². The molecule has 0 fully saturated rings. The number of ketones is 2. The number of carbonyl (C=O) groups excluding carboxylic acids is 3. The van der Waals surface area contributed by atoms with E-state index < -0.39 is 29.6 Å². The van der Waals surface area contributed by atoms with E-state index in [1.165, 1.54) is 13.0 Å². The molecule has 1 heterocycles. The van der Waals surface area contributed by atoms with E-state index in [1.54, 1.807) is 42.5 Å². The lowest BCUT2D eigenvalue weighted by atomic mass is 9.77. The molecule has 6 heteroatoms. The van der Waals surface area contributed by atoms with Gasteiger partial charge in [-0.3, -0.25) is 9.59 Å². The van der Waals surface area contributed by atoms with Crippen molar-refractivity contribution in [2.24, 2.45) is 11.8 Å². The van der Waals surface area contributed by atoms with Crippen LogP contribution in [0.25, 0.3) is 0 Å². The molecule has 0 saturated heterocycles. The molecule has 0 bridgehead atoms. The molecule has 2 atom stereocenters. The van der Waals surface area contributed by atoms with Gasteiger partial charge in [0.05, 0.1) is 11.1 Å². The third-order valence-corrected chi connectivity index (χ3v) is 4.65. The van der Waals surface area contributed by atoms with Crippen molar-refractivity contribution in [1.82, 2.24) is 0 Å². The lowest BCUT2D eigenvalue weighted by Gasteiger charge is -2.28. The molecule has 0 radical (unpaired) electrons. The Hall–Kier alpha value is -3.28. The SMILES string of the molecule is CC(=O)CC(Cc1ccccc1C(=O)O)C1C(=O)Oc2ccccc2C1=O. The highest BCUT2D eigenvalue weighted by Crippen LogP contribution is 2.34. The highest BCUT2D eigenvalue weighted by Gasteiger charge is 2.42. The fourth-order valence-electron chi connectivity index (χ4n) is 3.48. The molecule has 2 aromatic rings. The zero-order chi connectivity index (χ0) is 19.6. The van der Waals surface area contributed by atoms with E-state index >= 15 is 0 Å². The first-order valence-corrected chi connectivity index (χ1v) is 8.54. The van der Waals surface area contributed by atoms with E-state index in [0.29, 0.717) is 11.1 Å². The average molecular weight is 366 g/mol. The number of carbonyl (C=O) groups is 4. The molecule has 0 amide bonds. The second-order valence-electron chi connectivity index (χ2n) is 6.59. The summed E-state index contributed by atoms with van der Waals surface area (Å²) >= 11 is 0. The van der Waals surface area contributed by atoms with Gasteiger partial charge in [-0.15, -0.1) is 0 Å². The minimum atomic E-state index is -1.15. The van der Waals surface area contributed by atoms with Crippen LogP contribution >= 0.6 is 0 Å². The fraction of sp³-hybridized carbons (Fsp3) is 0.238. The summed E-state index contributed by atoms with van der Waals surface area (Å²) in [5.41, 5.74) is 0.848. The van der Waals surface area contributed by atoms with Gasteiger partial charge in [0.25, 0.3) is 0 Å². The Kier molecular flexibility index (Phi) is 5.16. The number of rotatable bonds is 6. The lowest BCUT2D eigenvalue weighted by Crippen LogP contribution is -2.40. The van der Waals surface area contributed by atoms with E-state index in [0.717, 1.165) is 0 Å². The average Bonchev–Trinajstić information content (AvgIpc) is 2.61. The Morgan fingerprint density at radius 2 is 1.74 bits per heavy atom. The molecule has 0 aromatic heterocycles. The van der Waals surface area contributed by atoms with Crippen LogP contribution in [0.3, 0.4) is 0 Å². The second-order valence-corrected chi connectivity index (χ2v) is 6.59. The van der Waals surface area contributed by atoms with Crippen LogP contribution in [-0.2, 0) is 16.0 Å². The molecule has 2 aromatic carbocycles. The summed E-state index contributed by atoms with van der Waals surface area (Å²) in [5, 5.41) is 9.38. The lowest BCUT2D eigenvalue weighted by molar-refractivity contribution is -0.139. The number of ether oxygens (including phenoxy) is 1. The molecule has 0 spiro atoms. The second kappa shape index (κ2) is 7.53. The summed E-state index contributed by atoms with van der Waals surface area (Å²) in [6.07, 6.45) is 0.0807. The van der Waals surface area contributed by atoms with Crippen molar-refractivity contribution < 1.29 is 29.0 Å². The van der Waals surface area contributed by atoms with Crippen LogP contribution in [0.4, 0.5) is 0 Å². The van der Waals surface area contributed by atoms with Gasteiger partial charge in [-0.1, -0.05) is 30.3 Å². The predicted octanol–water partition coefficient (Wildman–Crippen LogP) is 2.94. The van der Waals surface area contributed by atoms with E-state index in [4.69, 9.17) is 4.74 Å². The number of benzene rings is 2. The normalized spacial score (nSPS) is 17.0. The molecular weight excluding hydrogens is 348 g/mol. The minimum Gasteiger partial charge on any atom is -0.478 e. The van der Waals surface area contributed by atoms with Crippen LogP contribution < -0.4 is 4.74 Å². The molecule has 1 N–H and O–H groups in total. The zero-order valence-corrected chi connectivity index (χ0v) is 14.7. The summed E-state index contributed by atoms with van der Waals surface area (Å²) in [7, 11) is 0. The molecule has 1 aliphatic heterocycles. The largest absolute Gasteiger partial charge is 0.478 e. The van der Waals surface area contributed by atoms with Crippen molar-refractivity contribution >= 4 is 23.5 Å². The van der Waals surface area contributed by atoms with E-state index in [1.807, 2.05) is 0 Å². The number of para-hydroxylation sites is 1. The Bertz CT molecular complexity index is 930. The summed E-state index contributed by atoms with van der Waals surface area (Å²) in [6.45, 7) is 1.38. The van der Waals surface area contributed by atoms with Crippen LogP contribution in [0.5, 0.6) is 5.75 Å². The zero-order valence-electron chi connectivity index (χ0n) is 14.7. The van der Waals surface area contributed by atoms with Gasteiger partial charge in [0.2, 0.25) is 0 Å². The van der Waals surface area contributed by atoms with Gasteiger partial charge in [-0.05, 0) is 43.0 Å².